The highest BCUT2D eigenvalue weighted by Gasteiger charge is 2.25. The third-order valence-electron chi connectivity index (χ3n) is 8.43. The van der Waals surface area contributed by atoms with Gasteiger partial charge in [-0.15, -0.1) is 0 Å². The number of aromatic amines is 2. The first-order valence-corrected chi connectivity index (χ1v) is 14.4. The molecular formula is C33H20N8O7. The lowest BCUT2D eigenvalue weighted by atomic mass is 10.1. The van der Waals surface area contributed by atoms with Gasteiger partial charge in [0.1, 0.15) is 28.3 Å². The second-order valence-electron chi connectivity index (χ2n) is 11.5. The monoisotopic (exact) mass is 640 g/mol. The molecule has 0 radical (unpaired) electrons. The minimum atomic E-state index is -0.417. The SMILES string of the molecule is Cc1cc2c3nc4nc(nc5[nH]c(nc6nc(nc([nH]3)c2cc1O)-c1cc(O)c(O)cc1-6)c1cc(O)c(O)cc51)-c1cc(O)c(O)cc1-4. The molecule has 9 N–H and O–H groups in total. The quantitative estimate of drug-likeness (QED) is 0.0978. The fourth-order valence-corrected chi connectivity index (χ4v) is 6.00. The summed E-state index contributed by atoms with van der Waals surface area (Å²) in [5.41, 5.74) is 2.82. The fraction of sp³-hybridized carbons (Fsp3) is 0.0303. The van der Waals surface area contributed by atoms with E-state index in [9.17, 15) is 35.7 Å². The lowest BCUT2D eigenvalue weighted by molar-refractivity contribution is 0.404. The van der Waals surface area contributed by atoms with E-state index >= 15 is 0 Å². The van der Waals surface area contributed by atoms with Crippen molar-refractivity contribution in [1.29, 1.82) is 0 Å². The minimum Gasteiger partial charge on any atom is -0.508 e. The predicted molar refractivity (Wildman–Crippen MR) is 172 cm³/mol. The molecule has 0 spiro atoms. The van der Waals surface area contributed by atoms with Gasteiger partial charge in [-0.2, -0.15) is 0 Å². The number of nitrogens with zero attached hydrogens (tertiary/aromatic N) is 6. The van der Waals surface area contributed by atoms with Gasteiger partial charge in [-0.1, -0.05) is 0 Å². The maximum Gasteiger partial charge on any atom is 0.164 e. The van der Waals surface area contributed by atoms with E-state index in [2.05, 4.69) is 19.9 Å². The Morgan fingerprint density at radius 1 is 0.354 bits per heavy atom. The van der Waals surface area contributed by atoms with Gasteiger partial charge in [0, 0.05) is 43.8 Å². The number of benzene rings is 4. The molecule has 0 fully saturated rings. The zero-order chi connectivity index (χ0) is 33.2. The van der Waals surface area contributed by atoms with Crippen LogP contribution in [0, 0.1) is 6.92 Å². The van der Waals surface area contributed by atoms with Gasteiger partial charge in [0.25, 0.3) is 0 Å². The summed E-state index contributed by atoms with van der Waals surface area (Å²) in [7, 11) is 0. The molecule has 2 aliphatic rings. The molecule has 0 saturated carbocycles. The van der Waals surface area contributed by atoms with Crippen molar-refractivity contribution in [3.8, 4) is 85.8 Å². The molecule has 8 bridgehead atoms. The van der Waals surface area contributed by atoms with Crippen LogP contribution in [-0.2, 0) is 0 Å². The van der Waals surface area contributed by atoms with E-state index in [4.69, 9.17) is 19.9 Å². The molecule has 7 aromatic rings. The molecule has 234 valence electrons. The number of aryl methyl sites for hydroxylation is 1. The Morgan fingerprint density at radius 2 is 0.625 bits per heavy atom. The number of hydrogen-bond acceptors (Lipinski definition) is 13. The number of hydrogen-bond donors (Lipinski definition) is 9. The molecule has 0 saturated heterocycles. The van der Waals surface area contributed by atoms with Gasteiger partial charge in [0.15, 0.2) is 57.8 Å². The highest BCUT2D eigenvalue weighted by Crippen LogP contribution is 2.44. The summed E-state index contributed by atoms with van der Waals surface area (Å²) in [6, 6.07) is 11.1. The molecular weight excluding hydrogens is 620 g/mol. The lowest BCUT2D eigenvalue weighted by Crippen LogP contribution is -1.83. The minimum absolute atomic E-state index is 0.0100. The van der Waals surface area contributed by atoms with E-state index in [1.807, 2.05) is 0 Å². The zero-order valence-corrected chi connectivity index (χ0v) is 24.4. The summed E-state index contributed by atoms with van der Waals surface area (Å²) in [6.45, 7) is 1.73. The molecule has 0 aliphatic carbocycles. The third-order valence-corrected chi connectivity index (χ3v) is 8.43. The second kappa shape index (κ2) is 9.20. The predicted octanol–water partition coefficient (Wildman–Crippen LogP) is 5.12. The van der Waals surface area contributed by atoms with Crippen LogP contribution in [0.3, 0.4) is 0 Å². The van der Waals surface area contributed by atoms with Crippen LogP contribution < -0.4 is 0 Å². The van der Waals surface area contributed by atoms with Crippen LogP contribution in [0.2, 0.25) is 0 Å². The van der Waals surface area contributed by atoms with Crippen molar-refractivity contribution >= 4 is 44.1 Å². The highest BCUT2D eigenvalue weighted by atomic mass is 16.3. The Kier molecular flexibility index (Phi) is 5.21. The average Bonchev–Trinajstić information content (AvgIpc) is 3.74. The summed E-state index contributed by atoms with van der Waals surface area (Å²) >= 11 is 0. The average molecular weight is 641 g/mol. The number of rotatable bonds is 0. The number of phenolic OH excluding ortho intramolecular Hbond substituents is 7. The normalized spacial score (nSPS) is 12.0. The van der Waals surface area contributed by atoms with Gasteiger partial charge in [0.2, 0.25) is 0 Å². The van der Waals surface area contributed by atoms with Crippen molar-refractivity contribution in [2.45, 2.75) is 6.92 Å². The summed E-state index contributed by atoms with van der Waals surface area (Å²) in [5, 5.41) is 74.8. The molecule has 0 amide bonds. The van der Waals surface area contributed by atoms with E-state index in [1.165, 1.54) is 42.5 Å². The van der Waals surface area contributed by atoms with Crippen LogP contribution in [0.1, 0.15) is 5.56 Å². The molecule has 4 aromatic carbocycles. The summed E-state index contributed by atoms with van der Waals surface area (Å²) < 4.78 is 0. The smallest absolute Gasteiger partial charge is 0.164 e. The highest BCUT2D eigenvalue weighted by molar-refractivity contribution is 6.07. The van der Waals surface area contributed by atoms with E-state index in [0.29, 0.717) is 55.0 Å². The summed E-state index contributed by atoms with van der Waals surface area (Å²) in [6.07, 6.45) is 0. The van der Waals surface area contributed by atoms with Crippen LogP contribution in [0.25, 0.3) is 89.7 Å². The van der Waals surface area contributed by atoms with Gasteiger partial charge in [-0.3, -0.25) is 0 Å². The van der Waals surface area contributed by atoms with Crippen LogP contribution in [0.15, 0.2) is 48.5 Å². The van der Waals surface area contributed by atoms with Crippen LogP contribution in [0.4, 0.5) is 0 Å². The van der Waals surface area contributed by atoms with Crippen molar-refractivity contribution in [3.63, 3.8) is 0 Å². The lowest BCUT2D eigenvalue weighted by Gasteiger charge is -2.02. The Bertz CT molecular complexity index is 2420. The first kappa shape index (κ1) is 27.2. The summed E-state index contributed by atoms with van der Waals surface area (Å²) in [4.78, 5) is 34.5. The van der Waals surface area contributed by atoms with Crippen LogP contribution in [-0.4, -0.2) is 75.6 Å². The Balaban J connectivity index is 1.52. The van der Waals surface area contributed by atoms with E-state index < -0.39 is 34.5 Å². The first-order valence-electron chi connectivity index (χ1n) is 14.4. The number of nitrogens with one attached hydrogen (secondary N) is 2. The Labute approximate surface area is 266 Å². The number of aromatic hydroxyl groups is 7. The summed E-state index contributed by atoms with van der Waals surface area (Å²) in [5.74, 6) is -2.01. The zero-order valence-electron chi connectivity index (χ0n) is 24.4. The van der Waals surface area contributed by atoms with Gasteiger partial charge >= 0.3 is 0 Å². The Hall–Kier alpha value is -7.16. The molecule has 0 unspecified atom stereocenters. The molecule has 48 heavy (non-hydrogen) atoms. The van der Waals surface area contributed by atoms with Crippen LogP contribution in [0.5, 0.6) is 40.2 Å². The number of fused-ring (bicyclic) bond motifs is 20. The van der Waals surface area contributed by atoms with Gasteiger partial charge in [0.05, 0.1) is 0 Å². The maximum atomic E-state index is 10.6. The van der Waals surface area contributed by atoms with Gasteiger partial charge in [-0.05, 0) is 61.0 Å². The molecule has 9 rings (SSSR count). The largest absolute Gasteiger partial charge is 0.508 e. The van der Waals surface area contributed by atoms with Crippen molar-refractivity contribution in [1.82, 2.24) is 39.9 Å². The maximum absolute atomic E-state index is 10.6. The number of aromatic nitrogens is 8. The number of phenols is 7. The molecule has 5 heterocycles. The Morgan fingerprint density at radius 3 is 0.958 bits per heavy atom. The molecule has 3 aromatic heterocycles. The van der Waals surface area contributed by atoms with Gasteiger partial charge < -0.3 is 45.7 Å². The van der Waals surface area contributed by atoms with Gasteiger partial charge in [-0.25, -0.2) is 29.9 Å². The second-order valence-corrected chi connectivity index (χ2v) is 11.5. The van der Waals surface area contributed by atoms with Crippen molar-refractivity contribution in [3.05, 3.63) is 54.1 Å². The fourth-order valence-electron chi connectivity index (χ4n) is 6.00. The van der Waals surface area contributed by atoms with Crippen molar-refractivity contribution in [2.24, 2.45) is 0 Å². The first-order chi connectivity index (χ1) is 23.0. The van der Waals surface area contributed by atoms with Crippen molar-refractivity contribution < 1.29 is 35.7 Å². The topological polar surface area (TPSA) is 251 Å². The third kappa shape index (κ3) is 3.81. The number of H-pyrrole nitrogens is 2. The van der Waals surface area contributed by atoms with Crippen molar-refractivity contribution in [2.75, 3.05) is 0 Å². The molecule has 15 nitrogen and oxygen atoms in total. The van der Waals surface area contributed by atoms with Crippen LogP contribution >= 0.6 is 0 Å². The molecule has 2 aliphatic heterocycles. The molecule has 15 heteroatoms. The standard InChI is InChI=1S/C33H20N8O7/c1-10-2-11-12(3-19(10)42)27-34-26(11)35-28-13-4-20(43)21(44)5-14(13)30(37-28)39-32-17-8-24(47)25(48)9-18(17)33(41-32)40-31-16-7-23(46)22(45)6-15(16)29(36-27)38-31/h2-9,42-48H,1H3,(H2,34,35,36,37,38,39,40,41). The molecule has 0 atom stereocenters. The van der Waals surface area contributed by atoms with E-state index in [1.54, 1.807) is 13.0 Å². The van der Waals surface area contributed by atoms with E-state index in [-0.39, 0.29) is 46.0 Å². The van der Waals surface area contributed by atoms with E-state index in [0.717, 1.165) is 0 Å².